The first-order valence-corrected chi connectivity index (χ1v) is 9.95. The number of benzene rings is 2. The van der Waals surface area contributed by atoms with Gasteiger partial charge >= 0.3 is 5.97 Å². The summed E-state index contributed by atoms with van der Waals surface area (Å²) in [5, 5.41) is 11.5. The Kier molecular flexibility index (Phi) is 7.07. The second-order valence-electron chi connectivity index (χ2n) is 7.24. The van der Waals surface area contributed by atoms with Crippen LogP contribution in [0.15, 0.2) is 42.5 Å². The van der Waals surface area contributed by atoms with E-state index >= 15 is 0 Å². The lowest BCUT2D eigenvalue weighted by Gasteiger charge is -2.37. The van der Waals surface area contributed by atoms with E-state index in [1.54, 1.807) is 0 Å². The summed E-state index contributed by atoms with van der Waals surface area (Å²) in [6.07, 6.45) is 3.10. The van der Waals surface area contributed by atoms with Crippen LogP contribution in [0, 0.1) is 0 Å². The number of carbonyl (C=O) groups is 1. The molecule has 1 aliphatic rings. The van der Waals surface area contributed by atoms with E-state index in [4.69, 9.17) is 9.84 Å². The van der Waals surface area contributed by atoms with Gasteiger partial charge in [0.05, 0.1) is 13.2 Å². The number of carboxylic acids is 1. The number of ether oxygens (including phenoxy) is 1. The summed E-state index contributed by atoms with van der Waals surface area (Å²) in [5.41, 5.74) is 0. The molecule has 5 nitrogen and oxygen atoms in total. The van der Waals surface area contributed by atoms with E-state index in [1.807, 2.05) is 25.1 Å². The highest BCUT2D eigenvalue weighted by Crippen LogP contribution is 2.21. The summed E-state index contributed by atoms with van der Waals surface area (Å²) >= 11 is 0. The van der Waals surface area contributed by atoms with Crippen LogP contribution in [-0.2, 0) is 4.79 Å². The summed E-state index contributed by atoms with van der Waals surface area (Å²) < 4.78 is 5.93. The Morgan fingerprint density at radius 3 is 2.63 bits per heavy atom. The molecule has 27 heavy (non-hydrogen) atoms. The van der Waals surface area contributed by atoms with Crippen LogP contribution < -0.4 is 4.74 Å². The SMILES string of the molecule is CCN(CC(=O)O)C1CCN(CCCOc2ccc3ccccc3c2)CC1. The van der Waals surface area contributed by atoms with Gasteiger partial charge in [-0.2, -0.15) is 0 Å². The van der Waals surface area contributed by atoms with Gasteiger partial charge < -0.3 is 14.7 Å². The molecule has 3 rings (SSSR count). The van der Waals surface area contributed by atoms with E-state index in [-0.39, 0.29) is 6.54 Å². The van der Waals surface area contributed by atoms with Crippen LogP contribution in [0.4, 0.5) is 0 Å². The predicted molar refractivity (Wildman–Crippen MR) is 108 cm³/mol. The molecule has 0 aromatic heterocycles. The van der Waals surface area contributed by atoms with Crippen molar-refractivity contribution in [2.45, 2.75) is 32.2 Å². The maximum absolute atomic E-state index is 11.0. The number of piperidine rings is 1. The monoisotopic (exact) mass is 370 g/mol. The summed E-state index contributed by atoms with van der Waals surface area (Å²) in [6, 6.07) is 15.0. The predicted octanol–water partition coefficient (Wildman–Crippen LogP) is 3.48. The number of hydrogen-bond donors (Lipinski definition) is 1. The number of aliphatic carboxylic acids is 1. The number of hydrogen-bond acceptors (Lipinski definition) is 4. The van der Waals surface area contributed by atoms with Crippen molar-refractivity contribution in [1.29, 1.82) is 0 Å². The van der Waals surface area contributed by atoms with Crippen molar-refractivity contribution in [3.8, 4) is 5.75 Å². The minimum Gasteiger partial charge on any atom is -0.494 e. The van der Waals surface area contributed by atoms with Crippen LogP contribution in [-0.4, -0.2) is 66.2 Å². The van der Waals surface area contributed by atoms with Crippen molar-refractivity contribution in [1.82, 2.24) is 9.80 Å². The molecular weight excluding hydrogens is 340 g/mol. The molecule has 0 spiro atoms. The van der Waals surface area contributed by atoms with Crippen molar-refractivity contribution >= 4 is 16.7 Å². The molecule has 0 aliphatic carbocycles. The highest BCUT2D eigenvalue weighted by Gasteiger charge is 2.24. The van der Waals surface area contributed by atoms with Crippen molar-refractivity contribution in [2.24, 2.45) is 0 Å². The van der Waals surface area contributed by atoms with E-state index < -0.39 is 5.97 Å². The molecule has 1 saturated heterocycles. The largest absolute Gasteiger partial charge is 0.494 e. The fourth-order valence-electron chi connectivity index (χ4n) is 3.92. The lowest BCUT2D eigenvalue weighted by molar-refractivity contribution is -0.139. The Labute approximate surface area is 161 Å². The molecule has 1 fully saturated rings. The van der Waals surface area contributed by atoms with Gasteiger partial charge in [0.2, 0.25) is 0 Å². The second-order valence-corrected chi connectivity index (χ2v) is 7.24. The standard InChI is InChI=1S/C22H30N2O3/c1-2-24(17-22(25)26)20-10-13-23(14-11-20)12-5-15-27-21-9-8-18-6-3-4-7-19(18)16-21/h3-4,6-9,16,20H,2,5,10-15,17H2,1H3,(H,25,26). The summed E-state index contributed by atoms with van der Waals surface area (Å²) in [6.45, 7) is 6.83. The third kappa shape index (κ3) is 5.68. The molecular formula is C22H30N2O3. The van der Waals surface area contributed by atoms with E-state index in [1.165, 1.54) is 10.8 Å². The average molecular weight is 370 g/mol. The molecule has 0 bridgehead atoms. The second kappa shape index (κ2) is 9.72. The number of fused-ring (bicyclic) bond motifs is 1. The summed E-state index contributed by atoms with van der Waals surface area (Å²) in [5.74, 6) is 0.199. The topological polar surface area (TPSA) is 53.0 Å². The lowest BCUT2D eigenvalue weighted by Crippen LogP contribution is -2.46. The van der Waals surface area contributed by atoms with Gasteiger partial charge in [-0.15, -0.1) is 0 Å². The van der Waals surface area contributed by atoms with Gasteiger partial charge in [-0.3, -0.25) is 9.69 Å². The first kappa shape index (κ1) is 19.6. The van der Waals surface area contributed by atoms with Gasteiger partial charge in [-0.1, -0.05) is 37.3 Å². The quantitative estimate of drug-likeness (QED) is 0.685. The first-order valence-electron chi connectivity index (χ1n) is 9.95. The first-order chi connectivity index (χ1) is 13.2. The van der Waals surface area contributed by atoms with Gasteiger partial charge in [0.15, 0.2) is 0 Å². The van der Waals surface area contributed by atoms with Gasteiger partial charge in [0, 0.05) is 12.6 Å². The molecule has 2 aromatic rings. The molecule has 146 valence electrons. The van der Waals surface area contributed by atoms with E-state index in [0.717, 1.165) is 57.8 Å². The van der Waals surface area contributed by atoms with E-state index in [9.17, 15) is 4.79 Å². The Morgan fingerprint density at radius 1 is 1.19 bits per heavy atom. The maximum Gasteiger partial charge on any atom is 0.317 e. The van der Waals surface area contributed by atoms with Crippen LogP contribution in [0.3, 0.4) is 0 Å². The fourth-order valence-corrected chi connectivity index (χ4v) is 3.92. The van der Waals surface area contributed by atoms with Crippen molar-refractivity contribution < 1.29 is 14.6 Å². The average Bonchev–Trinajstić information content (AvgIpc) is 2.69. The molecule has 0 saturated carbocycles. The number of likely N-dealkylation sites (tertiary alicyclic amines) is 1. The van der Waals surface area contributed by atoms with E-state index in [0.29, 0.717) is 6.04 Å². The van der Waals surface area contributed by atoms with Crippen LogP contribution in [0.1, 0.15) is 26.2 Å². The molecule has 0 unspecified atom stereocenters. The Morgan fingerprint density at radius 2 is 1.93 bits per heavy atom. The third-order valence-corrected chi connectivity index (χ3v) is 5.43. The van der Waals surface area contributed by atoms with Gasteiger partial charge in [-0.25, -0.2) is 0 Å². The normalized spacial score (nSPS) is 16.1. The minimum absolute atomic E-state index is 0.154. The highest BCUT2D eigenvalue weighted by atomic mass is 16.5. The molecule has 2 aromatic carbocycles. The Bertz CT molecular complexity index is 741. The Hall–Kier alpha value is -2.11. The highest BCUT2D eigenvalue weighted by molar-refractivity contribution is 5.83. The zero-order valence-corrected chi connectivity index (χ0v) is 16.1. The zero-order chi connectivity index (χ0) is 19.1. The van der Waals surface area contributed by atoms with Crippen LogP contribution >= 0.6 is 0 Å². The number of likely N-dealkylation sites (N-methyl/N-ethyl adjacent to an activating group) is 1. The molecule has 1 N–H and O–H groups in total. The molecule has 5 heteroatoms. The van der Waals surface area contributed by atoms with Crippen LogP contribution in [0.2, 0.25) is 0 Å². The molecule has 0 radical (unpaired) electrons. The summed E-state index contributed by atoms with van der Waals surface area (Å²) in [4.78, 5) is 15.5. The fraction of sp³-hybridized carbons (Fsp3) is 0.500. The van der Waals surface area contributed by atoms with Crippen molar-refractivity contribution in [3.63, 3.8) is 0 Å². The number of rotatable bonds is 9. The molecule has 0 atom stereocenters. The molecule has 1 aliphatic heterocycles. The molecule has 0 amide bonds. The van der Waals surface area contributed by atoms with Crippen molar-refractivity contribution in [2.75, 3.05) is 39.3 Å². The minimum atomic E-state index is -0.731. The van der Waals surface area contributed by atoms with Gasteiger partial charge in [-0.05, 0) is 61.8 Å². The smallest absolute Gasteiger partial charge is 0.317 e. The van der Waals surface area contributed by atoms with Gasteiger partial charge in [0.1, 0.15) is 5.75 Å². The number of nitrogens with zero attached hydrogens (tertiary/aromatic N) is 2. The Balaban J connectivity index is 1.37. The zero-order valence-electron chi connectivity index (χ0n) is 16.1. The maximum atomic E-state index is 11.0. The van der Waals surface area contributed by atoms with Gasteiger partial charge in [0.25, 0.3) is 0 Å². The van der Waals surface area contributed by atoms with E-state index in [2.05, 4.69) is 34.1 Å². The molecule has 1 heterocycles. The number of carboxylic acid groups (broad SMARTS) is 1. The third-order valence-electron chi connectivity index (χ3n) is 5.43. The van der Waals surface area contributed by atoms with Crippen molar-refractivity contribution in [3.05, 3.63) is 42.5 Å². The summed E-state index contributed by atoms with van der Waals surface area (Å²) in [7, 11) is 0. The van der Waals surface area contributed by atoms with Crippen LogP contribution in [0.5, 0.6) is 5.75 Å². The lowest BCUT2D eigenvalue weighted by atomic mass is 10.0. The van der Waals surface area contributed by atoms with Crippen LogP contribution in [0.25, 0.3) is 10.8 Å².